The molecule has 0 spiro atoms. The first-order valence-electron chi connectivity index (χ1n) is 10.3. The average Bonchev–Trinajstić information content (AvgIpc) is 3.23. The standard InChI is InChI=1S/C24H25N5O2/c1-4-29(5-2)17-11-9-15(10-12-17)20-19(14-25)23(26)31-24-21(20)22(27-28-24)16-7-6-8-18(13-16)30-3/h6-13,20H,4-5,26H2,1-3H3,(H,27,28). The first kappa shape index (κ1) is 20.4. The minimum absolute atomic E-state index is 0.0801. The second-order valence-electron chi connectivity index (χ2n) is 7.24. The van der Waals surface area contributed by atoms with Gasteiger partial charge >= 0.3 is 0 Å². The summed E-state index contributed by atoms with van der Waals surface area (Å²) in [4.78, 5) is 2.27. The Kier molecular flexibility index (Phi) is 5.54. The summed E-state index contributed by atoms with van der Waals surface area (Å²) in [6, 6.07) is 18.2. The van der Waals surface area contributed by atoms with Crippen LogP contribution >= 0.6 is 0 Å². The smallest absolute Gasteiger partial charge is 0.244 e. The van der Waals surface area contributed by atoms with Crippen LogP contribution in [0.25, 0.3) is 11.3 Å². The van der Waals surface area contributed by atoms with Gasteiger partial charge in [-0.05, 0) is 43.7 Å². The quantitative estimate of drug-likeness (QED) is 0.627. The van der Waals surface area contributed by atoms with Crippen molar-refractivity contribution in [3.8, 4) is 29.0 Å². The number of aromatic amines is 1. The molecule has 158 valence electrons. The number of rotatable bonds is 6. The zero-order valence-corrected chi connectivity index (χ0v) is 17.8. The molecule has 2 aromatic carbocycles. The van der Waals surface area contributed by atoms with Gasteiger partial charge in [-0.15, -0.1) is 5.10 Å². The molecule has 0 bridgehead atoms. The van der Waals surface area contributed by atoms with Crippen molar-refractivity contribution in [3.63, 3.8) is 0 Å². The molecule has 0 amide bonds. The Bertz CT molecular complexity index is 1150. The molecule has 3 aromatic rings. The van der Waals surface area contributed by atoms with Crippen LogP contribution in [-0.4, -0.2) is 30.4 Å². The molecule has 31 heavy (non-hydrogen) atoms. The summed E-state index contributed by atoms with van der Waals surface area (Å²) in [6.07, 6.45) is 0. The SMILES string of the molecule is CCN(CC)c1ccc(C2C(C#N)=C(N)Oc3n[nH]c(-c4cccc(OC)c4)c32)cc1. The zero-order valence-electron chi connectivity index (χ0n) is 17.8. The summed E-state index contributed by atoms with van der Waals surface area (Å²) < 4.78 is 11.1. The number of nitrogens with one attached hydrogen (secondary N) is 1. The fourth-order valence-electron chi connectivity index (χ4n) is 4.04. The predicted octanol–water partition coefficient (Wildman–Crippen LogP) is 4.15. The maximum absolute atomic E-state index is 9.89. The van der Waals surface area contributed by atoms with Crippen LogP contribution in [0, 0.1) is 11.3 Å². The van der Waals surface area contributed by atoms with Gasteiger partial charge in [-0.2, -0.15) is 5.26 Å². The van der Waals surface area contributed by atoms with Crippen LogP contribution in [0.15, 0.2) is 60.0 Å². The first-order chi connectivity index (χ1) is 15.1. The summed E-state index contributed by atoms with van der Waals surface area (Å²) in [7, 11) is 1.63. The number of aromatic nitrogens is 2. The van der Waals surface area contributed by atoms with Crippen molar-refractivity contribution in [1.82, 2.24) is 10.2 Å². The average molecular weight is 415 g/mol. The van der Waals surface area contributed by atoms with Crippen LogP contribution in [0.5, 0.6) is 11.6 Å². The van der Waals surface area contributed by atoms with Crippen molar-refractivity contribution < 1.29 is 9.47 Å². The monoisotopic (exact) mass is 415 g/mol. The number of nitrogens with two attached hydrogens (primary N) is 1. The van der Waals surface area contributed by atoms with E-state index < -0.39 is 0 Å². The van der Waals surface area contributed by atoms with E-state index in [1.807, 2.05) is 36.4 Å². The van der Waals surface area contributed by atoms with Crippen LogP contribution < -0.4 is 20.1 Å². The van der Waals surface area contributed by atoms with Crippen molar-refractivity contribution >= 4 is 5.69 Å². The van der Waals surface area contributed by atoms with Gasteiger partial charge in [0.1, 0.15) is 17.4 Å². The van der Waals surface area contributed by atoms with Crippen molar-refractivity contribution in [3.05, 3.63) is 71.1 Å². The molecule has 0 radical (unpaired) electrons. The summed E-state index contributed by atoms with van der Waals surface area (Å²) >= 11 is 0. The maximum atomic E-state index is 9.89. The van der Waals surface area contributed by atoms with Gasteiger partial charge in [-0.25, -0.2) is 0 Å². The second kappa shape index (κ2) is 8.44. The van der Waals surface area contributed by atoms with Gasteiger partial charge in [-0.1, -0.05) is 24.3 Å². The lowest BCUT2D eigenvalue weighted by Crippen LogP contribution is -2.22. The molecular formula is C24H25N5O2. The molecule has 1 aliphatic heterocycles. The number of fused-ring (bicyclic) bond motifs is 1. The minimum Gasteiger partial charge on any atom is -0.497 e. The third-order valence-electron chi connectivity index (χ3n) is 5.65. The highest BCUT2D eigenvalue weighted by atomic mass is 16.5. The molecule has 3 N–H and O–H groups in total. The van der Waals surface area contributed by atoms with Gasteiger partial charge < -0.3 is 20.1 Å². The van der Waals surface area contributed by atoms with E-state index in [0.717, 1.165) is 46.9 Å². The van der Waals surface area contributed by atoms with E-state index in [9.17, 15) is 5.26 Å². The molecule has 1 aliphatic rings. The third-order valence-corrected chi connectivity index (χ3v) is 5.65. The Morgan fingerprint density at radius 2 is 1.94 bits per heavy atom. The molecule has 1 aromatic heterocycles. The molecular weight excluding hydrogens is 390 g/mol. The van der Waals surface area contributed by atoms with Crippen LogP contribution in [0.4, 0.5) is 5.69 Å². The Balaban J connectivity index is 1.85. The molecule has 0 aliphatic carbocycles. The Hall–Kier alpha value is -3.92. The summed E-state index contributed by atoms with van der Waals surface area (Å²) in [5.74, 6) is 0.802. The highest BCUT2D eigenvalue weighted by Crippen LogP contribution is 2.46. The number of allylic oxidation sites excluding steroid dienone is 1. The van der Waals surface area contributed by atoms with Gasteiger partial charge in [0.05, 0.1) is 24.3 Å². The van der Waals surface area contributed by atoms with E-state index in [4.69, 9.17) is 15.2 Å². The molecule has 7 heteroatoms. The number of ether oxygens (including phenoxy) is 2. The van der Waals surface area contributed by atoms with Gasteiger partial charge in [0.25, 0.3) is 0 Å². The van der Waals surface area contributed by atoms with Gasteiger partial charge in [0.2, 0.25) is 11.8 Å². The van der Waals surface area contributed by atoms with Gasteiger partial charge in [-0.3, -0.25) is 5.10 Å². The van der Waals surface area contributed by atoms with Crippen LogP contribution in [0.3, 0.4) is 0 Å². The molecule has 0 saturated heterocycles. The van der Waals surface area contributed by atoms with Crippen LogP contribution in [0.2, 0.25) is 0 Å². The molecule has 1 atom stereocenters. The minimum atomic E-state index is -0.389. The highest BCUT2D eigenvalue weighted by molar-refractivity contribution is 5.72. The lowest BCUT2D eigenvalue weighted by atomic mass is 9.83. The number of nitriles is 1. The van der Waals surface area contributed by atoms with Gasteiger partial charge in [0.15, 0.2) is 0 Å². The largest absolute Gasteiger partial charge is 0.497 e. The fourth-order valence-corrected chi connectivity index (χ4v) is 4.04. The Morgan fingerprint density at radius 1 is 1.19 bits per heavy atom. The number of benzene rings is 2. The normalized spacial score (nSPS) is 15.1. The summed E-state index contributed by atoms with van der Waals surface area (Å²) in [6.45, 7) is 6.11. The van der Waals surface area contributed by atoms with E-state index in [0.29, 0.717) is 11.5 Å². The van der Waals surface area contributed by atoms with E-state index >= 15 is 0 Å². The number of hydrogen-bond acceptors (Lipinski definition) is 6. The number of hydrogen-bond donors (Lipinski definition) is 2. The van der Waals surface area contributed by atoms with Gasteiger partial charge in [0, 0.05) is 24.3 Å². The van der Waals surface area contributed by atoms with Crippen molar-refractivity contribution in [2.24, 2.45) is 5.73 Å². The second-order valence-corrected chi connectivity index (χ2v) is 7.24. The first-order valence-corrected chi connectivity index (χ1v) is 10.3. The van der Waals surface area contributed by atoms with Crippen molar-refractivity contribution in [2.75, 3.05) is 25.1 Å². The van der Waals surface area contributed by atoms with Crippen molar-refractivity contribution in [2.45, 2.75) is 19.8 Å². The Morgan fingerprint density at radius 3 is 2.58 bits per heavy atom. The Labute approximate surface area is 181 Å². The van der Waals surface area contributed by atoms with E-state index in [1.165, 1.54) is 0 Å². The number of anilines is 1. The number of methoxy groups -OCH3 is 1. The molecule has 2 heterocycles. The molecule has 4 rings (SSSR count). The van der Waals surface area contributed by atoms with Crippen LogP contribution in [0.1, 0.15) is 30.9 Å². The summed E-state index contributed by atoms with van der Waals surface area (Å²) in [5.41, 5.74) is 11.0. The maximum Gasteiger partial charge on any atom is 0.244 e. The third kappa shape index (κ3) is 3.57. The molecule has 0 fully saturated rings. The van der Waals surface area contributed by atoms with Crippen LogP contribution in [-0.2, 0) is 0 Å². The van der Waals surface area contributed by atoms with E-state index in [-0.39, 0.29) is 11.8 Å². The lowest BCUT2D eigenvalue weighted by molar-refractivity contribution is 0.379. The fraction of sp³-hybridized carbons (Fsp3) is 0.250. The predicted molar refractivity (Wildman–Crippen MR) is 120 cm³/mol. The lowest BCUT2D eigenvalue weighted by Gasteiger charge is -2.25. The molecule has 7 nitrogen and oxygen atoms in total. The molecule has 0 saturated carbocycles. The number of H-pyrrole nitrogens is 1. The number of nitrogens with zero attached hydrogens (tertiary/aromatic N) is 3. The van der Waals surface area contributed by atoms with E-state index in [1.54, 1.807) is 7.11 Å². The zero-order chi connectivity index (χ0) is 22.0. The molecule has 1 unspecified atom stereocenters. The topological polar surface area (TPSA) is 100 Å². The highest BCUT2D eigenvalue weighted by Gasteiger charge is 2.35. The summed E-state index contributed by atoms with van der Waals surface area (Å²) in [5, 5.41) is 17.3. The van der Waals surface area contributed by atoms with E-state index in [2.05, 4.69) is 47.1 Å². The van der Waals surface area contributed by atoms with Crippen molar-refractivity contribution in [1.29, 1.82) is 5.26 Å².